The molecule has 0 aliphatic carbocycles. The van der Waals surface area contributed by atoms with Crippen LogP contribution in [0.4, 0.5) is 10.1 Å². The van der Waals surface area contributed by atoms with Gasteiger partial charge in [0.05, 0.1) is 22.4 Å². The van der Waals surface area contributed by atoms with Crippen LogP contribution in [-0.2, 0) is 20.0 Å². The fourth-order valence-electron chi connectivity index (χ4n) is 3.82. The Balaban J connectivity index is 1.80. The van der Waals surface area contributed by atoms with Crippen LogP contribution in [0.3, 0.4) is 0 Å². The fraction of sp³-hybridized carbons (Fsp3) is 0.208. The average molecular weight is 502 g/mol. The molecule has 0 fully saturated rings. The van der Waals surface area contributed by atoms with E-state index >= 15 is 0 Å². The molecule has 0 bridgehead atoms. The van der Waals surface area contributed by atoms with Crippen molar-refractivity contribution in [2.45, 2.75) is 31.2 Å². The first kappa shape index (κ1) is 23.9. The van der Waals surface area contributed by atoms with Crippen LogP contribution in [0.5, 0.6) is 0 Å². The van der Waals surface area contributed by atoms with Gasteiger partial charge in [0.2, 0.25) is 10.0 Å². The van der Waals surface area contributed by atoms with Crippen LogP contribution in [0.25, 0.3) is 0 Å². The van der Waals surface area contributed by atoms with E-state index in [0.717, 1.165) is 4.41 Å². The van der Waals surface area contributed by atoms with Gasteiger partial charge in [0.25, 0.3) is 10.0 Å². The molecular weight excluding hydrogens is 477 g/mol. The lowest BCUT2D eigenvalue weighted by Crippen LogP contribution is -2.28. The molecule has 1 N–H and O–H groups in total. The summed E-state index contributed by atoms with van der Waals surface area (Å²) < 4.78 is 69.4. The van der Waals surface area contributed by atoms with Crippen LogP contribution in [0, 0.1) is 12.7 Å². The third-order valence-corrected chi connectivity index (χ3v) is 8.75. The van der Waals surface area contributed by atoms with E-state index in [4.69, 9.17) is 0 Å². The van der Waals surface area contributed by atoms with E-state index in [1.165, 1.54) is 19.1 Å². The van der Waals surface area contributed by atoms with Gasteiger partial charge in [0.15, 0.2) is 0 Å². The lowest BCUT2D eigenvalue weighted by Gasteiger charge is -2.24. The van der Waals surface area contributed by atoms with Crippen LogP contribution in [0.1, 0.15) is 36.1 Å². The van der Waals surface area contributed by atoms with Crippen LogP contribution in [-0.4, -0.2) is 32.7 Å². The van der Waals surface area contributed by atoms with Crippen LogP contribution in [0.2, 0.25) is 0 Å². The smallest absolute Gasteiger partial charge is 0.279 e. The molecule has 0 aromatic heterocycles. The molecule has 0 spiro atoms. The molecule has 0 saturated carbocycles. The minimum Gasteiger partial charge on any atom is -0.284 e. The Kier molecular flexibility index (Phi) is 6.46. The first-order chi connectivity index (χ1) is 16.1. The van der Waals surface area contributed by atoms with Crippen molar-refractivity contribution in [3.05, 3.63) is 95.3 Å². The molecule has 1 aliphatic heterocycles. The van der Waals surface area contributed by atoms with Crippen molar-refractivity contribution < 1.29 is 21.2 Å². The molecule has 1 aliphatic rings. The molecule has 0 unspecified atom stereocenters. The zero-order valence-electron chi connectivity index (χ0n) is 18.6. The van der Waals surface area contributed by atoms with Gasteiger partial charge in [0, 0.05) is 17.7 Å². The third-order valence-electron chi connectivity index (χ3n) is 5.60. The van der Waals surface area contributed by atoms with Gasteiger partial charge in [-0.05, 0) is 49.2 Å². The van der Waals surface area contributed by atoms with Crippen molar-refractivity contribution in [3.8, 4) is 0 Å². The Hall–Kier alpha value is -3.24. The number of halogens is 1. The second-order valence-corrected chi connectivity index (χ2v) is 11.7. The molecule has 0 radical (unpaired) electrons. The maximum atomic E-state index is 14.8. The highest BCUT2D eigenvalue weighted by atomic mass is 32.2. The zero-order chi connectivity index (χ0) is 24.5. The summed E-state index contributed by atoms with van der Waals surface area (Å²) in [5.41, 5.74) is 2.04. The molecule has 3 aromatic rings. The lowest BCUT2D eigenvalue weighted by molar-refractivity contribution is 0.362. The van der Waals surface area contributed by atoms with Crippen molar-refractivity contribution in [1.82, 2.24) is 4.41 Å². The Labute approximate surface area is 199 Å². The van der Waals surface area contributed by atoms with Crippen molar-refractivity contribution in [2.24, 2.45) is 5.10 Å². The number of nitrogens with one attached hydrogen (secondary N) is 1. The second-order valence-electron chi connectivity index (χ2n) is 7.92. The maximum Gasteiger partial charge on any atom is 0.279 e. The van der Waals surface area contributed by atoms with Gasteiger partial charge in [-0.3, -0.25) is 4.72 Å². The highest BCUT2D eigenvalue weighted by Gasteiger charge is 2.39. The number of rotatable bonds is 7. The number of nitrogens with zero attached hydrogens (tertiary/aromatic N) is 2. The summed E-state index contributed by atoms with van der Waals surface area (Å²) >= 11 is 0. The Morgan fingerprint density at radius 1 is 1.00 bits per heavy atom. The maximum absolute atomic E-state index is 14.8. The van der Waals surface area contributed by atoms with Gasteiger partial charge < -0.3 is 0 Å². The van der Waals surface area contributed by atoms with E-state index in [1.807, 2.05) is 0 Å². The van der Waals surface area contributed by atoms with Gasteiger partial charge in [0.1, 0.15) is 5.82 Å². The molecule has 4 rings (SSSR count). The van der Waals surface area contributed by atoms with Crippen molar-refractivity contribution in [2.75, 3.05) is 10.5 Å². The van der Waals surface area contributed by atoms with Gasteiger partial charge in [-0.2, -0.15) is 17.9 Å². The topological polar surface area (TPSA) is 95.9 Å². The van der Waals surface area contributed by atoms with E-state index in [0.29, 0.717) is 22.5 Å². The van der Waals surface area contributed by atoms with E-state index in [2.05, 4.69) is 9.82 Å². The second kappa shape index (κ2) is 9.19. The van der Waals surface area contributed by atoms with Crippen molar-refractivity contribution in [3.63, 3.8) is 0 Å². The summed E-state index contributed by atoms with van der Waals surface area (Å²) in [7, 11) is -7.59. The molecule has 0 saturated heterocycles. The highest BCUT2D eigenvalue weighted by Crippen LogP contribution is 2.38. The van der Waals surface area contributed by atoms with Crippen molar-refractivity contribution in [1.29, 1.82) is 0 Å². The van der Waals surface area contributed by atoms with Crippen LogP contribution < -0.4 is 4.72 Å². The SMILES string of the molecule is CCS(=O)(=O)Nc1cccc(C2=NN(S(=O)(=O)c3ccccc3C)[C@H](c3ccccc3F)C2)c1. The molecule has 10 heteroatoms. The molecule has 34 heavy (non-hydrogen) atoms. The van der Waals surface area contributed by atoms with Gasteiger partial charge in [-0.25, -0.2) is 12.8 Å². The first-order valence-corrected chi connectivity index (χ1v) is 13.7. The van der Waals surface area contributed by atoms with Crippen LogP contribution in [0.15, 0.2) is 82.8 Å². The Morgan fingerprint density at radius 3 is 2.41 bits per heavy atom. The minimum atomic E-state index is -4.10. The van der Waals surface area contributed by atoms with Gasteiger partial charge in [-0.1, -0.05) is 48.5 Å². The molecule has 3 aromatic carbocycles. The third kappa shape index (κ3) is 4.69. The summed E-state index contributed by atoms with van der Waals surface area (Å²) in [5, 5.41) is 4.42. The van der Waals surface area contributed by atoms with E-state index in [1.54, 1.807) is 67.6 Å². The van der Waals surface area contributed by atoms with E-state index < -0.39 is 31.9 Å². The molecule has 7 nitrogen and oxygen atoms in total. The number of aryl methyl sites for hydroxylation is 1. The number of sulfonamides is 2. The largest absolute Gasteiger partial charge is 0.284 e. The number of hydrazone groups is 1. The lowest BCUT2D eigenvalue weighted by atomic mass is 9.98. The quantitative estimate of drug-likeness (QED) is 0.518. The normalized spacial score (nSPS) is 16.4. The van der Waals surface area contributed by atoms with Gasteiger partial charge >= 0.3 is 0 Å². The summed E-state index contributed by atoms with van der Waals surface area (Å²) in [5.74, 6) is -0.617. The predicted molar refractivity (Wildman–Crippen MR) is 130 cm³/mol. The van der Waals surface area contributed by atoms with Crippen molar-refractivity contribution >= 4 is 31.4 Å². The van der Waals surface area contributed by atoms with Crippen LogP contribution >= 0.6 is 0 Å². The van der Waals surface area contributed by atoms with Gasteiger partial charge in [-0.15, -0.1) is 0 Å². The highest BCUT2D eigenvalue weighted by molar-refractivity contribution is 7.92. The Morgan fingerprint density at radius 2 is 1.71 bits per heavy atom. The predicted octanol–water partition coefficient (Wildman–Crippen LogP) is 4.44. The Bertz CT molecular complexity index is 1470. The zero-order valence-corrected chi connectivity index (χ0v) is 20.3. The molecule has 178 valence electrons. The molecule has 1 heterocycles. The number of anilines is 1. The van der Waals surface area contributed by atoms with E-state index in [-0.39, 0.29) is 22.6 Å². The summed E-state index contributed by atoms with van der Waals surface area (Å²) in [6.07, 6.45) is 0.121. The molecule has 0 amide bonds. The summed E-state index contributed by atoms with van der Waals surface area (Å²) in [6.45, 7) is 3.22. The first-order valence-electron chi connectivity index (χ1n) is 10.7. The molecular formula is C24H24FN3O4S2. The standard InChI is InChI=1S/C24H24FN3O4S2/c1-3-33(29,30)27-19-11-8-10-18(15-19)22-16-23(20-12-5-6-13-21(20)25)28(26-22)34(31,32)24-14-7-4-9-17(24)2/h4-15,23,27H,3,16H2,1-2H3/t23-/m0/s1. The minimum absolute atomic E-state index is 0.0873. The monoisotopic (exact) mass is 501 g/mol. The fourth-order valence-corrected chi connectivity index (χ4v) is 6.11. The number of hydrogen-bond donors (Lipinski definition) is 1. The summed E-state index contributed by atoms with van der Waals surface area (Å²) in [4.78, 5) is 0.0887. The number of benzene rings is 3. The summed E-state index contributed by atoms with van der Waals surface area (Å²) in [6, 6.07) is 18.2. The molecule has 1 atom stereocenters. The van der Waals surface area contributed by atoms with E-state index in [9.17, 15) is 21.2 Å². The number of hydrogen-bond acceptors (Lipinski definition) is 5. The average Bonchev–Trinajstić information content (AvgIpc) is 3.26.